The zero-order valence-electron chi connectivity index (χ0n) is 11.5. The van der Waals surface area contributed by atoms with Crippen LogP contribution >= 0.6 is 0 Å². The molecule has 2 fully saturated rings. The summed E-state index contributed by atoms with van der Waals surface area (Å²) in [6.07, 6.45) is 4.13. The molecule has 104 valence electrons. The number of aliphatic hydroxyl groups is 1. The normalized spacial score (nSPS) is 23.6. The first-order valence-electron chi connectivity index (χ1n) is 7.28. The molecule has 1 saturated heterocycles. The number of carbonyl (C=O) groups excluding carboxylic acids is 1. The molecular weight excluding hydrogens is 250 g/mol. The molecule has 1 aliphatic carbocycles. The van der Waals surface area contributed by atoms with Crippen LogP contribution < -0.4 is 0 Å². The number of likely N-dealkylation sites (tertiary alicyclic amines) is 1. The van der Waals surface area contributed by atoms with E-state index >= 15 is 0 Å². The quantitative estimate of drug-likeness (QED) is 0.835. The lowest BCUT2D eigenvalue weighted by atomic mass is 10.1. The Hall–Kier alpha value is -1.79. The van der Waals surface area contributed by atoms with Gasteiger partial charge in [0.05, 0.1) is 6.61 Å². The highest BCUT2D eigenvalue weighted by molar-refractivity contribution is 5.94. The number of hydrogen-bond acceptors (Lipinski definition) is 2. The largest absolute Gasteiger partial charge is 0.395 e. The van der Waals surface area contributed by atoms with Gasteiger partial charge in [-0.3, -0.25) is 4.79 Å². The van der Waals surface area contributed by atoms with Gasteiger partial charge >= 0.3 is 0 Å². The molecule has 1 aromatic carbocycles. The summed E-state index contributed by atoms with van der Waals surface area (Å²) >= 11 is 0. The van der Waals surface area contributed by atoms with Crippen molar-refractivity contribution in [2.24, 2.45) is 5.92 Å². The Balaban J connectivity index is 1.69. The third-order valence-corrected chi connectivity index (χ3v) is 4.27. The van der Waals surface area contributed by atoms with Crippen LogP contribution in [-0.2, 0) is 0 Å². The molecule has 1 N–H and O–H groups in total. The Labute approximate surface area is 119 Å². The smallest absolute Gasteiger partial charge is 0.254 e. The van der Waals surface area contributed by atoms with Gasteiger partial charge in [-0.2, -0.15) is 0 Å². The molecule has 2 aliphatic rings. The Morgan fingerprint density at radius 3 is 2.70 bits per heavy atom. The number of hydrogen-bond donors (Lipinski definition) is 1. The predicted octanol–water partition coefficient (Wildman–Crippen LogP) is 2.04. The van der Waals surface area contributed by atoms with Crippen molar-refractivity contribution in [1.29, 1.82) is 0 Å². The molecule has 1 aromatic rings. The molecule has 2 bridgehead atoms. The van der Waals surface area contributed by atoms with Gasteiger partial charge in [-0.1, -0.05) is 11.8 Å². The molecule has 3 rings (SSSR count). The second-order valence-electron chi connectivity index (χ2n) is 5.64. The van der Waals surface area contributed by atoms with E-state index in [2.05, 4.69) is 11.8 Å². The number of rotatable bonds is 2. The number of amides is 1. The van der Waals surface area contributed by atoms with Gasteiger partial charge in [0.25, 0.3) is 5.91 Å². The molecule has 1 saturated carbocycles. The Morgan fingerprint density at radius 1 is 1.30 bits per heavy atom. The molecule has 0 aromatic heterocycles. The van der Waals surface area contributed by atoms with E-state index in [9.17, 15) is 4.79 Å². The molecule has 20 heavy (non-hydrogen) atoms. The van der Waals surface area contributed by atoms with Crippen molar-refractivity contribution in [2.45, 2.75) is 31.7 Å². The van der Waals surface area contributed by atoms with Crippen LogP contribution in [0.4, 0.5) is 0 Å². The van der Waals surface area contributed by atoms with Gasteiger partial charge in [-0.15, -0.1) is 0 Å². The van der Waals surface area contributed by atoms with Gasteiger partial charge < -0.3 is 10.0 Å². The van der Waals surface area contributed by atoms with Gasteiger partial charge in [0, 0.05) is 30.1 Å². The Kier molecular flexibility index (Phi) is 3.75. The fourth-order valence-corrected chi connectivity index (χ4v) is 3.26. The molecule has 2 unspecified atom stereocenters. The summed E-state index contributed by atoms with van der Waals surface area (Å²) in [5.74, 6) is 6.74. The number of piperidine rings is 1. The highest BCUT2D eigenvalue weighted by Crippen LogP contribution is 2.38. The van der Waals surface area contributed by atoms with E-state index in [-0.39, 0.29) is 12.5 Å². The van der Waals surface area contributed by atoms with Crippen molar-refractivity contribution >= 4 is 5.91 Å². The van der Waals surface area contributed by atoms with Crippen molar-refractivity contribution in [2.75, 3.05) is 13.2 Å². The van der Waals surface area contributed by atoms with Crippen molar-refractivity contribution in [3.8, 4) is 11.8 Å². The lowest BCUT2D eigenvalue weighted by Gasteiger charge is -2.27. The van der Waals surface area contributed by atoms with Gasteiger partial charge in [-0.25, -0.2) is 0 Å². The van der Waals surface area contributed by atoms with Crippen LogP contribution in [0, 0.1) is 17.8 Å². The van der Waals surface area contributed by atoms with Crippen molar-refractivity contribution < 1.29 is 9.90 Å². The van der Waals surface area contributed by atoms with E-state index in [0.29, 0.717) is 12.5 Å². The van der Waals surface area contributed by atoms with Crippen LogP contribution in [0.2, 0.25) is 0 Å². The zero-order valence-corrected chi connectivity index (χ0v) is 11.5. The van der Waals surface area contributed by atoms with E-state index in [1.165, 1.54) is 19.3 Å². The maximum absolute atomic E-state index is 12.5. The number of aliphatic hydroxyl groups excluding tert-OH is 1. The van der Waals surface area contributed by atoms with Crippen LogP contribution in [-0.4, -0.2) is 35.1 Å². The molecule has 1 aliphatic heterocycles. The Morgan fingerprint density at radius 2 is 2.10 bits per heavy atom. The van der Waals surface area contributed by atoms with Gasteiger partial charge in [0.1, 0.15) is 0 Å². The van der Waals surface area contributed by atoms with Crippen molar-refractivity contribution in [1.82, 2.24) is 4.90 Å². The molecular formula is C17H19NO2. The number of benzene rings is 1. The highest BCUT2D eigenvalue weighted by Gasteiger charge is 2.40. The van der Waals surface area contributed by atoms with Crippen LogP contribution in [0.3, 0.4) is 0 Å². The molecule has 0 radical (unpaired) electrons. The monoisotopic (exact) mass is 269 g/mol. The minimum absolute atomic E-state index is 0.0844. The number of nitrogens with zero attached hydrogens (tertiary/aromatic N) is 1. The second kappa shape index (κ2) is 5.68. The van der Waals surface area contributed by atoms with Gasteiger partial charge in [-0.05, 0) is 49.4 Å². The van der Waals surface area contributed by atoms with Crippen molar-refractivity contribution in [3.05, 3.63) is 35.4 Å². The molecule has 3 nitrogen and oxygen atoms in total. The summed E-state index contributed by atoms with van der Waals surface area (Å²) in [7, 11) is 0. The summed E-state index contributed by atoms with van der Waals surface area (Å²) in [5, 5.41) is 8.68. The summed E-state index contributed by atoms with van der Waals surface area (Å²) < 4.78 is 0. The third-order valence-electron chi connectivity index (χ3n) is 4.27. The lowest BCUT2D eigenvalue weighted by molar-refractivity contribution is 0.0703. The zero-order chi connectivity index (χ0) is 13.9. The van der Waals surface area contributed by atoms with Gasteiger partial charge in [0.15, 0.2) is 0 Å². The lowest BCUT2D eigenvalue weighted by Crippen LogP contribution is -2.37. The van der Waals surface area contributed by atoms with Crippen LogP contribution in [0.25, 0.3) is 0 Å². The summed E-state index contributed by atoms with van der Waals surface area (Å²) in [6, 6.07) is 7.95. The minimum atomic E-state index is 0.0844. The average Bonchev–Trinajstić information content (AvgIpc) is 3.10. The van der Waals surface area contributed by atoms with Crippen LogP contribution in [0.15, 0.2) is 24.3 Å². The maximum Gasteiger partial charge on any atom is 0.254 e. The topological polar surface area (TPSA) is 40.5 Å². The molecule has 1 amide bonds. The van der Waals surface area contributed by atoms with E-state index in [4.69, 9.17) is 5.11 Å². The fraction of sp³-hybridized carbons (Fsp3) is 0.471. The van der Waals surface area contributed by atoms with E-state index < -0.39 is 0 Å². The first-order valence-corrected chi connectivity index (χ1v) is 7.28. The molecule has 3 heteroatoms. The predicted molar refractivity (Wildman–Crippen MR) is 77.2 cm³/mol. The SMILES string of the molecule is O=C(c1ccc(C#CCCO)cc1)N1CC2CCC1C2. The van der Waals surface area contributed by atoms with Gasteiger partial charge in [0.2, 0.25) is 0 Å². The first-order chi connectivity index (χ1) is 9.78. The average molecular weight is 269 g/mol. The van der Waals surface area contributed by atoms with Crippen molar-refractivity contribution in [3.63, 3.8) is 0 Å². The fourth-order valence-electron chi connectivity index (χ4n) is 3.26. The van der Waals surface area contributed by atoms with E-state index in [1.807, 2.05) is 29.2 Å². The molecule has 1 heterocycles. The molecule has 0 spiro atoms. The summed E-state index contributed by atoms with van der Waals surface area (Å²) in [4.78, 5) is 14.5. The number of carbonyl (C=O) groups is 1. The van der Waals surface area contributed by atoms with Crippen LogP contribution in [0.5, 0.6) is 0 Å². The summed E-state index contributed by atoms with van der Waals surface area (Å²) in [6.45, 7) is 1.02. The summed E-state index contributed by atoms with van der Waals surface area (Å²) in [5.41, 5.74) is 1.64. The highest BCUT2D eigenvalue weighted by atomic mass is 16.2. The molecule has 2 atom stereocenters. The Bertz CT molecular complexity index is 553. The third kappa shape index (κ3) is 2.57. The van der Waals surface area contributed by atoms with E-state index in [1.54, 1.807) is 0 Å². The van der Waals surface area contributed by atoms with Crippen LogP contribution in [0.1, 0.15) is 41.6 Å². The first kappa shape index (κ1) is 13.2. The maximum atomic E-state index is 12.5. The number of fused-ring (bicyclic) bond motifs is 2. The second-order valence-corrected chi connectivity index (χ2v) is 5.64. The minimum Gasteiger partial charge on any atom is -0.395 e. The standard InChI is InChI=1S/C17H19NO2/c19-10-2-1-3-13-4-7-15(8-5-13)17(20)18-12-14-6-9-16(18)11-14/h4-5,7-8,14,16,19H,2,6,9-12H2. The van der Waals surface area contributed by atoms with E-state index in [0.717, 1.165) is 23.6 Å².